The first-order chi connectivity index (χ1) is 24.7. The number of hydrogen-bond acceptors (Lipinski definition) is 8. The normalized spacial score (nSPS) is 16.7. The number of H-pyrrole nitrogens is 1. The molecule has 4 aromatic heterocycles. The minimum atomic E-state index is -4.54. The molecule has 2 aliphatic rings. The van der Waals surface area contributed by atoms with Crippen LogP contribution < -0.4 is 4.74 Å². The lowest BCUT2D eigenvalue weighted by atomic mass is 10.0. The Morgan fingerprint density at radius 2 is 1.88 bits per heavy atom. The molecule has 15 heteroatoms. The highest BCUT2D eigenvalue weighted by molar-refractivity contribution is 6.30. The van der Waals surface area contributed by atoms with Gasteiger partial charge in [-0.3, -0.25) is 10.00 Å². The molecule has 8 rings (SSSR count). The zero-order valence-electron chi connectivity index (χ0n) is 27.0. The molecular formula is C36H30ClF4N7O3. The van der Waals surface area contributed by atoms with Gasteiger partial charge >= 0.3 is 6.18 Å². The molecule has 0 aliphatic carbocycles. The molecule has 0 bridgehead atoms. The van der Waals surface area contributed by atoms with Crippen molar-refractivity contribution in [1.82, 2.24) is 34.6 Å². The van der Waals surface area contributed by atoms with Crippen molar-refractivity contribution < 1.29 is 31.5 Å². The maximum absolute atomic E-state index is 14.2. The van der Waals surface area contributed by atoms with E-state index in [4.69, 9.17) is 30.5 Å². The summed E-state index contributed by atoms with van der Waals surface area (Å²) in [5, 5.41) is 6.07. The number of pyridine rings is 1. The number of oxazole rings is 1. The largest absolute Gasteiger partial charge is 0.473 e. The summed E-state index contributed by atoms with van der Waals surface area (Å²) in [4.78, 5) is 16.4. The van der Waals surface area contributed by atoms with Gasteiger partial charge in [-0.15, -0.1) is 0 Å². The quantitative estimate of drug-likeness (QED) is 0.142. The third kappa shape index (κ3) is 7.12. The van der Waals surface area contributed by atoms with E-state index in [0.29, 0.717) is 41.7 Å². The number of benzene rings is 2. The number of nitrogens with one attached hydrogen (secondary N) is 1. The average molecular weight is 720 g/mol. The fourth-order valence-electron chi connectivity index (χ4n) is 6.14. The van der Waals surface area contributed by atoms with Crippen LogP contribution in [-0.4, -0.2) is 60.4 Å². The number of aromatic nitrogens is 6. The molecule has 6 aromatic rings. The first kappa shape index (κ1) is 33.1. The molecule has 262 valence electrons. The molecule has 1 saturated heterocycles. The molecule has 0 radical (unpaired) electrons. The van der Waals surface area contributed by atoms with Crippen LogP contribution in [0.4, 0.5) is 17.6 Å². The molecule has 51 heavy (non-hydrogen) atoms. The summed E-state index contributed by atoms with van der Waals surface area (Å²) in [6, 6.07) is 16.6. The second-order valence-electron chi connectivity index (χ2n) is 12.4. The van der Waals surface area contributed by atoms with Gasteiger partial charge < -0.3 is 18.5 Å². The summed E-state index contributed by atoms with van der Waals surface area (Å²) in [5.74, 6) is 1.12. The first-order valence-electron chi connectivity index (χ1n) is 16.3. The van der Waals surface area contributed by atoms with Gasteiger partial charge in [0.1, 0.15) is 41.6 Å². The number of alkyl halides is 3. The molecule has 2 aromatic carbocycles. The summed E-state index contributed by atoms with van der Waals surface area (Å²) in [5.41, 5.74) is 3.89. The van der Waals surface area contributed by atoms with E-state index in [1.807, 2.05) is 35.4 Å². The van der Waals surface area contributed by atoms with Gasteiger partial charge in [-0.05, 0) is 60.9 Å². The minimum Gasteiger partial charge on any atom is -0.473 e. The standard InChI is InChI=1S/C36H30ClF4N7O3/c37-24-6-4-23(26(38)15-24)19-50-34-3-1-2-27(43-34)21-8-11-47(12-9-21)18-33-42-29-14-22(5-7-31(29)48(33)17-25-10-13-49-25)35-44-30(20-51-35)28-16-32(46-45-28)36(39,40)41/h1-8,14-16,20,25H,9-13,17-19H2,(H,45,46)/t25-/m0/s1. The van der Waals surface area contributed by atoms with Crippen LogP contribution in [0.2, 0.25) is 5.02 Å². The number of halogens is 5. The second kappa shape index (κ2) is 13.6. The monoisotopic (exact) mass is 719 g/mol. The molecule has 0 spiro atoms. The first-order valence-corrected chi connectivity index (χ1v) is 16.7. The maximum Gasteiger partial charge on any atom is 0.432 e. The third-order valence-electron chi connectivity index (χ3n) is 9.01. The molecule has 1 fully saturated rings. The number of rotatable bonds is 10. The summed E-state index contributed by atoms with van der Waals surface area (Å²) in [6.45, 7) is 3.52. The van der Waals surface area contributed by atoms with Crippen LogP contribution in [-0.2, 0) is 30.6 Å². The molecule has 1 N–H and O–H groups in total. The van der Waals surface area contributed by atoms with Crippen LogP contribution in [0.3, 0.4) is 0 Å². The summed E-state index contributed by atoms with van der Waals surface area (Å²) in [7, 11) is 0. The number of hydrogen-bond donors (Lipinski definition) is 1. The molecule has 2 aliphatic heterocycles. The Hall–Kier alpha value is -5.05. The van der Waals surface area contributed by atoms with Crippen molar-refractivity contribution in [2.45, 2.75) is 44.8 Å². The smallest absolute Gasteiger partial charge is 0.432 e. The lowest BCUT2D eigenvalue weighted by molar-refractivity contribution is -0.141. The summed E-state index contributed by atoms with van der Waals surface area (Å²) < 4.78 is 72.8. The number of imidazole rings is 1. The molecule has 0 saturated carbocycles. The second-order valence-corrected chi connectivity index (χ2v) is 12.9. The van der Waals surface area contributed by atoms with Gasteiger partial charge in [0.2, 0.25) is 11.8 Å². The topological polar surface area (TPSA) is 107 Å². The van der Waals surface area contributed by atoms with E-state index in [1.54, 1.807) is 18.2 Å². The number of ether oxygens (including phenoxy) is 2. The van der Waals surface area contributed by atoms with Crippen molar-refractivity contribution >= 4 is 28.2 Å². The van der Waals surface area contributed by atoms with E-state index in [-0.39, 0.29) is 30.0 Å². The van der Waals surface area contributed by atoms with Crippen LogP contribution in [0.15, 0.2) is 77.4 Å². The fourth-order valence-corrected chi connectivity index (χ4v) is 6.30. The highest BCUT2D eigenvalue weighted by atomic mass is 35.5. The van der Waals surface area contributed by atoms with Gasteiger partial charge in [-0.2, -0.15) is 18.3 Å². The Bertz CT molecular complexity index is 2240. The van der Waals surface area contributed by atoms with Gasteiger partial charge in [-0.25, -0.2) is 19.3 Å². The predicted octanol–water partition coefficient (Wildman–Crippen LogP) is 7.94. The lowest BCUT2D eigenvalue weighted by Gasteiger charge is -2.29. The molecule has 1 atom stereocenters. The SMILES string of the molecule is Fc1cc(Cl)ccc1COc1cccc(C2=CCN(Cc3nc4cc(-c5nc(-c6cc(C(F)(F)F)[nH]n6)co5)ccc4n3C[C@@H]3CCO3)CC2)n1. The molecule has 0 unspecified atom stereocenters. The van der Waals surface area contributed by atoms with Crippen LogP contribution >= 0.6 is 11.6 Å². The Morgan fingerprint density at radius 3 is 2.63 bits per heavy atom. The molecule has 0 amide bonds. The zero-order chi connectivity index (χ0) is 35.1. The van der Waals surface area contributed by atoms with Gasteiger partial charge in [0.25, 0.3) is 0 Å². The van der Waals surface area contributed by atoms with Crippen LogP contribution in [0, 0.1) is 5.82 Å². The van der Waals surface area contributed by atoms with Crippen molar-refractivity contribution in [2.75, 3.05) is 19.7 Å². The summed E-state index contributed by atoms with van der Waals surface area (Å²) in [6.07, 6.45) is 0.748. The Morgan fingerprint density at radius 1 is 1.00 bits per heavy atom. The number of fused-ring (bicyclic) bond motifs is 1. The van der Waals surface area contributed by atoms with Gasteiger partial charge in [0, 0.05) is 41.9 Å². The third-order valence-corrected chi connectivity index (χ3v) is 9.24. The van der Waals surface area contributed by atoms with E-state index >= 15 is 0 Å². The lowest BCUT2D eigenvalue weighted by Crippen LogP contribution is -2.33. The fraction of sp³-hybridized carbons (Fsp3) is 0.278. The van der Waals surface area contributed by atoms with E-state index in [2.05, 4.69) is 30.6 Å². The Kier molecular flexibility index (Phi) is 8.82. The van der Waals surface area contributed by atoms with Crippen LogP contribution in [0.5, 0.6) is 5.88 Å². The van der Waals surface area contributed by atoms with Crippen LogP contribution in [0.1, 0.15) is 35.6 Å². The Labute approximate surface area is 293 Å². The van der Waals surface area contributed by atoms with Gasteiger partial charge in [0.15, 0.2) is 0 Å². The van der Waals surface area contributed by atoms with Crippen molar-refractivity contribution in [3.63, 3.8) is 0 Å². The molecule has 6 heterocycles. The zero-order valence-corrected chi connectivity index (χ0v) is 27.7. The van der Waals surface area contributed by atoms with Crippen LogP contribution in [0.25, 0.3) is 39.4 Å². The number of nitrogens with zero attached hydrogens (tertiary/aromatic N) is 6. The van der Waals surface area contributed by atoms with Gasteiger partial charge in [-0.1, -0.05) is 29.8 Å². The van der Waals surface area contributed by atoms with E-state index < -0.39 is 17.7 Å². The molecule has 10 nitrogen and oxygen atoms in total. The highest BCUT2D eigenvalue weighted by Gasteiger charge is 2.33. The van der Waals surface area contributed by atoms with Crippen molar-refractivity contribution in [3.05, 3.63) is 107 Å². The van der Waals surface area contributed by atoms with Crippen molar-refractivity contribution in [1.29, 1.82) is 0 Å². The average Bonchev–Trinajstić information content (AvgIpc) is 3.85. The van der Waals surface area contributed by atoms with E-state index in [9.17, 15) is 17.6 Å². The van der Waals surface area contributed by atoms with Crippen molar-refractivity contribution in [3.8, 4) is 28.7 Å². The minimum absolute atomic E-state index is 0.0341. The molecular weight excluding hydrogens is 690 g/mol. The van der Waals surface area contributed by atoms with Crippen molar-refractivity contribution in [2.24, 2.45) is 0 Å². The van der Waals surface area contributed by atoms with E-state index in [0.717, 1.165) is 60.2 Å². The maximum atomic E-state index is 14.2. The predicted molar refractivity (Wildman–Crippen MR) is 180 cm³/mol. The van der Waals surface area contributed by atoms with E-state index in [1.165, 1.54) is 12.3 Å². The van der Waals surface area contributed by atoms with Gasteiger partial charge in [0.05, 0.1) is 35.9 Å². The number of aromatic amines is 1. The Balaban J connectivity index is 0.978. The highest BCUT2D eigenvalue weighted by Crippen LogP contribution is 2.33. The summed E-state index contributed by atoms with van der Waals surface area (Å²) >= 11 is 5.86.